The van der Waals surface area contributed by atoms with Gasteiger partial charge in [-0.05, 0) is 62.8 Å². The van der Waals surface area contributed by atoms with E-state index in [1.165, 1.54) is 19.2 Å². The van der Waals surface area contributed by atoms with Crippen LogP contribution < -0.4 is 16.0 Å². The normalized spacial score (nSPS) is 21.7. The third-order valence-corrected chi connectivity index (χ3v) is 7.02. The van der Waals surface area contributed by atoms with Gasteiger partial charge in [0.25, 0.3) is 0 Å². The Balaban J connectivity index is 1.59. The first-order chi connectivity index (χ1) is 17.9. The molecule has 0 saturated carbocycles. The number of hydrogen-bond acceptors (Lipinski definition) is 6. The molecular weight excluding hydrogens is 486 g/mol. The number of carbonyl (C=O) groups is 2. The van der Waals surface area contributed by atoms with Crippen LogP contribution in [0.15, 0.2) is 18.2 Å². The largest absolute Gasteiger partial charge is 0.453 e. The van der Waals surface area contributed by atoms with Crippen molar-refractivity contribution in [1.82, 2.24) is 20.9 Å². The predicted octanol–water partition coefficient (Wildman–Crippen LogP) is 3.20. The molecule has 2 aliphatic rings. The van der Waals surface area contributed by atoms with E-state index < -0.39 is 23.8 Å². The molecule has 11 heteroatoms. The van der Waals surface area contributed by atoms with E-state index in [1.807, 2.05) is 7.05 Å². The van der Waals surface area contributed by atoms with Gasteiger partial charge in [-0.3, -0.25) is 0 Å². The molecule has 1 aromatic carbocycles. The van der Waals surface area contributed by atoms with Crippen molar-refractivity contribution in [2.45, 2.75) is 44.2 Å². The summed E-state index contributed by atoms with van der Waals surface area (Å²) in [6.07, 6.45) is 3.38. The van der Waals surface area contributed by atoms with Crippen molar-refractivity contribution in [3.05, 3.63) is 35.4 Å². The number of likely N-dealkylation sites (tertiary alicyclic amines) is 1. The topological polar surface area (TPSA) is 101 Å². The highest BCUT2D eigenvalue weighted by molar-refractivity contribution is 5.74. The Morgan fingerprint density at radius 2 is 1.95 bits per heavy atom. The summed E-state index contributed by atoms with van der Waals surface area (Å²) in [7, 11) is 3.16. The van der Waals surface area contributed by atoms with E-state index in [1.54, 1.807) is 4.90 Å². The molecule has 0 bridgehead atoms. The molecule has 2 saturated heterocycles. The highest BCUT2D eigenvalue weighted by atomic mass is 19.1. The van der Waals surface area contributed by atoms with Crippen LogP contribution in [0.2, 0.25) is 0 Å². The number of halogens is 2. The fraction of sp³-hybridized carbons (Fsp3) is 0.692. The monoisotopic (exact) mass is 526 g/mol. The number of likely N-dealkylation sites (N-methyl/N-ethyl adjacent to an activating group) is 1. The molecule has 9 nitrogen and oxygen atoms in total. The van der Waals surface area contributed by atoms with E-state index in [-0.39, 0.29) is 31.1 Å². The van der Waals surface area contributed by atoms with E-state index in [9.17, 15) is 18.4 Å². The molecule has 0 aliphatic carbocycles. The first kappa shape index (κ1) is 29.1. The smallest absolute Gasteiger partial charge is 0.406 e. The molecule has 1 aromatic rings. The van der Waals surface area contributed by atoms with Crippen LogP contribution in [0.1, 0.15) is 43.8 Å². The second-order valence-electron chi connectivity index (χ2n) is 9.75. The Bertz CT molecular complexity index is 851. The van der Waals surface area contributed by atoms with Crippen molar-refractivity contribution in [1.29, 1.82) is 0 Å². The van der Waals surface area contributed by atoms with Gasteiger partial charge in [0, 0.05) is 57.4 Å². The fourth-order valence-electron chi connectivity index (χ4n) is 5.12. The maximum absolute atomic E-state index is 14.0. The highest BCUT2D eigenvalue weighted by Crippen LogP contribution is 2.33. The van der Waals surface area contributed by atoms with Crippen molar-refractivity contribution in [2.24, 2.45) is 11.8 Å². The molecule has 2 fully saturated rings. The lowest BCUT2D eigenvalue weighted by atomic mass is 9.88. The molecule has 1 unspecified atom stereocenters. The Labute approximate surface area is 217 Å². The number of alkyl carbamates (subject to hydrolysis) is 1. The van der Waals surface area contributed by atoms with E-state index in [0.717, 1.165) is 51.4 Å². The second kappa shape index (κ2) is 15.0. The number of carbonyl (C=O) groups excluding carboxylic acids is 2. The van der Waals surface area contributed by atoms with Crippen molar-refractivity contribution >= 4 is 12.1 Å². The molecule has 2 heterocycles. The van der Waals surface area contributed by atoms with Gasteiger partial charge in [-0.1, -0.05) is 0 Å². The van der Waals surface area contributed by atoms with Gasteiger partial charge in [0.15, 0.2) is 0 Å². The number of urea groups is 1. The lowest BCUT2D eigenvalue weighted by Gasteiger charge is -2.37. The number of ether oxygens (including phenoxy) is 3. The van der Waals surface area contributed by atoms with E-state index in [2.05, 4.69) is 20.7 Å². The van der Waals surface area contributed by atoms with Crippen LogP contribution in [0.25, 0.3) is 0 Å². The average Bonchev–Trinajstić information content (AvgIpc) is 2.90. The quantitative estimate of drug-likeness (QED) is 0.383. The number of piperidine rings is 1. The van der Waals surface area contributed by atoms with Crippen LogP contribution in [0.3, 0.4) is 0 Å². The summed E-state index contributed by atoms with van der Waals surface area (Å²) in [5, 5.41) is 8.86. The number of nitrogens with zero attached hydrogens (tertiary/aromatic N) is 1. The maximum atomic E-state index is 14.0. The Morgan fingerprint density at radius 1 is 1.16 bits per heavy atom. The average molecular weight is 527 g/mol. The minimum absolute atomic E-state index is 0.120. The van der Waals surface area contributed by atoms with Crippen LogP contribution in [0.5, 0.6) is 0 Å². The van der Waals surface area contributed by atoms with Crippen LogP contribution >= 0.6 is 0 Å². The summed E-state index contributed by atoms with van der Waals surface area (Å²) >= 11 is 0. The van der Waals surface area contributed by atoms with Crippen LogP contribution in [-0.4, -0.2) is 83.2 Å². The third kappa shape index (κ3) is 9.39. The lowest BCUT2D eigenvalue weighted by Crippen LogP contribution is -2.50. The van der Waals surface area contributed by atoms with Crippen molar-refractivity contribution in [2.75, 3.05) is 60.2 Å². The molecule has 0 spiro atoms. The van der Waals surface area contributed by atoms with Gasteiger partial charge in [0.05, 0.1) is 19.8 Å². The number of methoxy groups -OCH3 is 1. The number of rotatable bonds is 11. The molecular formula is C26H40F2N4O5. The zero-order chi connectivity index (χ0) is 26.6. The first-order valence-corrected chi connectivity index (χ1v) is 13.1. The Hall–Kier alpha value is -2.50. The van der Waals surface area contributed by atoms with Gasteiger partial charge in [-0.15, -0.1) is 0 Å². The third-order valence-electron chi connectivity index (χ3n) is 7.02. The van der Waals surface area contributed by atoms with E-state index in [4.69, 9.17) is 9.47 Å². The second-order valence-corrected chi connectivity index (χ2v) is 9.75. The summed E-state index contributed by atoms with van der Waals surface area (Å²) in [6.45, 7) is 3.36. The van der Waals surface area contributed by atoms with Crippen molar-refractivity contribution < 1.29 is 32.6 Å². The zero-order valence-electron chi connectivity index (χ0n) is 21.8. The van der Waals surface area contributed by atoms with E-state index >= 15 is 0 Å². The lowest BCUT2D eigenvalue weighted by molar-refractivity contribution is -0.00883. The summed E-state index contributed by atoms with van der Waals surface area (Å²) < 4.78 is 44.2. The minimum Gasteiger partial charge on any atom is -0.453 e. The molecule has 0 aromatic heterocycles. The minimum atomic E-state index is -0.692. The van der Waals surface area contributed by atoms with Gasteiger partial charge in [-0.2, -0.15) is 0 Å². The number of nitrogens with one attached hydrogen (secondary N) is 3. The molecule has 3 amide bonds. The number of amides is 3. The van der Waals surface area contributed by atoms with Gasteiger partial charge in [0.1, 0.15) is 11.6 Å². The van der Waals surface area contributed by atoms with Crippen LogP contribution in [0.4, 0.5) is 18.4 Å². The number of benzene rings is 1. The van der Waals surface area contributed by atoms with Crippen LogP contribution in [-0.2, 0) is 14.2 Å². The Morgan fingerprint density at radius 3 is 2.62 bits per heavy atom. The molecule has 37 heavy (non-hydrogen) atoms. The summed E-state index contributed by atoms with van der Waals surface area (Å²) in [6, 6.07) is 3.31. The van der Waals surface area contributed by atoms with Gasteiger partial charge in [0.2, 0.25) is 0 Å². The predicted molar refractivity (Wildman–Crippen MR) is 134 cm³/mol. The zero-order valence-corrected chi connectivity index (χ0v) is 21.8. The first-order valence-electron chi connectivity index (χ1n) is 13.1. The number of hydrogen-bond donors (Lipinski definition) is 3. The standard InChI is InChI=1S/C26H40F2N4O5/c1-29-23(11-18-5-4-9-36-17-18)15-31-25(33)32-8-3-6-19(16-32)24(37-10-7-30-26(34)35-2)20-12-21(27)14-22(28)13-20/h12-14,18-19,23-24,29H,3-11,15-17H2,1-2H3,(H,30,34)(H,31,33)/t18-,19-,23-,24?/m1/s1. The van der Waals surface area contributed by atoms with Crippen LogP contribution in [0, 0.1) is 23.5 Å². The molecule has 208 valence electrons. The molecule has 2 aliphatic heterocycles. The summed E-state index contributed by atoms with van der Waals surface area (Å²) in [5.74, 6) is -1.06. The van der Waals surface area contributed by atoms with Crippen molar-refractivity contribution in [3.63, 3.8) is 0 Å². The van der Waals surface area contributed by atoms with Crippen molar-refractivity contribution in [3.8, 4) is 0 Å². The SMILES string of the molecule is CN[C@@H](CNC(=O)N1CCC[C@@H](C(OCCNC(=O)OC)c2cc(F)cc(F)c2)C1)C[C@H]1CCCOC1. The molecule has 3 rings (SSSR count). The fourth-order valence-corrected chi connectivity index (χ4v) is 5.12. The summed E-state index contributed by atoms with van der Waals surface area (Å²) in [4.78, 5) is 26.1. The highest BCUT2D eigenvalue weighted by Gasteiger charge is 2.32. The molecule has 4 atom stereocenters. The van der Waals surface area contributed by atoms with E-state index in [0.29, 0.717) is 31.1 Å². The van der Waals surface area contributed by atoms with Gasteiger partial charge >= 0.3 is 12.1 Å². The van der Waals surface area contributed by atoms with Gasteiger partial charge in [-0.25, -0.2) is 18.4 Å². The molecule has 3 N–H and O–H groups in total. The molecule has 0 radical (unpaired) electrons. The maximum Gasteiger partial charge on any atom is 0.406 e. The Kier molecular flexibility index (Phi) is 11.8. The summed E-state index contributed by atoms with van der Waals surface area (Å²) in [5.41, 5.74) is 0.368. The van der Waals surface area contributed by atoms with Gasteiger partial charge < -0.3 is 35.1 Å².